The molecule has 1 amide bonds. The average molecular weight is 338 g/mol. The predicted molar refractivity (Wildman–Crippen MR) is 83.6 cm³/mol. The van der Waals surface area contributed by atoms with E-state index in [9.17, 15) is 4.79 Å². The van der Waals surface area contributed by atoms with Crippen LogP contribution in [0.1, 0.15) is 29.6 Å². The number of nitrogen functional groups attached to an aromatic ring is 1. The summed E-state index contributed by atoms with van der Waals surface area (Å²) in [5.41, 5.74) is 7.16. The number of halogens is 1. The zero-order valence-electron chi connectivity index (χ0n) is 11.7. The SMILES string of the molecule is CN1C2CCC1CN(C(=O)c1cccc(N)c1Br)CC2. The lowest BCUT2D eigenvalue weighted by atomic mass is 10.1. The normalized spacial score (nSPS) is 26.6. The van der Waals surface area contributed by atoms with Gasteiger partial charge in [-0.15, -0.1) is 0 Å². The van der Waals surface area contributed by atoms with Crippen molar-refractivity contribution in [2.24, 2.45) is 0 Å². The van der Waals surface area contributed by atoms with Crippen molar-refractivity contribution in [3.8, 4) is 0 Å². The molecule has 2 aliphatic rings. The van der Waals surface area contributed by atoms with Gasteiger partial charge in [0.1, 0.15) is 0 Å². The first kappa shape index (κ1) is 13.9. The standard InChI is InChI=1S/C15H20BrN3O/c1-18-10-5-6-11(18)9-19(8-7-10)15(20)12-3-2-4-13(17)14(12)16/h2-4,10-11H,5-9,17H2,1H3. The van der Waals surface area contributed by atoms with Gasteiger partial charge in [0.05, 0.1) is 10.0 Å². The van der Waals surface area contributed by atoms with Crippen LogP contribution in [0.15, 0.2) is 22.7 Å². The largest absolute Gasteiger partial charge is 0.398 e. The van der Waals surface area contributed by atoms with E-state index in [1.807, 2.05) is 17.0 Å². The van der Waals surface area contributed by atoms with Crippen LogP contribution in [0.3, 0.4) is 0 Å². The van der Waals surface area contributed by atoms with Gasteiger partial charge in [-0.2, -0.15) is 0 Å². The molecule has 2 unspecified atom stereocenters. The summed E-state index contributed by atoms with van der Waals surface area (Å²) in [7, 11) is 2.19. The highest BCUT2D eigenvalue weighted by molar-refractivity contribution is 9.10. The Bertz CT molecular complexity index is 534. The lowest BCUT2D eigenvalue weighted by Gasteiger charge is -2.26. The lowest BCUT2D eigenvalue weighted by molar-refractivity contribution is 0.0739. The Hall–Kier alpha value is -1.07. The summed E-state index contributed by atoms with van der Waals surface area (Å²) >= 11 is 3.44. The molecule has 2 aliphatic heterocycles. The molecule has 2 fully saturated rings. The van der Waals surface area contributed by atoms with E-state index in [1.165, 1.54) is 12.8 Å². The number of carbonyl (C=O) groups excluding carboxylic acids is 1. The minimum absolute atomic E-state index is 0.0881. The number of carbonyl (C=O) groups is 1. The Morgan fingerprint density at radius 2 is 2.05 bits per heavy atom. The van der Waals surface area contributed by atoms with Crippen molar-refractivity contribution in [1.29, 1.82) is 0 Å². The second-order valence-corrected chi connectivity index (χ2v) is 6.59. The molecule has 0 aliphatic carbocycles. The van der Waals surface area contributed by atoms with Crippen molar-refractivity contribution in [3.63, 3.8) is 0 Å². The van der Waals surface area contributed by atoms with E-state index in [0.717, 1.165) is 19.5 Å². The fourth-order valence-electron chi connectivity index (χ4n) is 3.38. The Balaban J connectivity index is 1.82. The van der Waals surface area contributed by atoms with Crippen LogP contribution in [-0.4, -0.2) is 47.9 Å². The van der Waals surface area contributed by atoms with E-state index >= 15 is 0 Å². The maximum Gasteiger partial charge on any atom is 0.255 e. The molecular weight excluding hydrogens is 318 g/mol. The van der Waals surface area contributed by atoms with Gasteiger partial charge in [0, 0.05) is 30.9 Å². The van der Waals surface area contributed by atoms with Gasteiger partial charge in [0.15, 0.2) is 0 Å². The summed E-state index contributed by atoms with van der Waals surface area (Å²) in [6, 6.07) is 6.63. The topological polar surface area (TPSA) is 49.6 Å². The second kappa shape index (κ2) is 5.37. The van der Waals surface area contributed by atoms with E-state index < -0.39 is 0 Å². The second-order valence-electron chi connectivity index (χ2n) is 5.80. The number of anilines is 1. The summed E-state index contributed by atoms with van der Waals surface area (Å²) in [5, 5.41) is 0. The van der Waals surface area contributed by atoms with Crippen molar-refractivity contribution in [3.05, 3.63) is 28.2 Å². The van der Waals surface area contributed by atoms with Gasteiger partial charge in [-0.25, -0.2) is 0 Å². The number of nitrogens with two attached hydrogens (primary N) is 1. The molecule has 0 radical (unpaired) electrons. The quantitative estimate of drug-likeness (QED) is 0.800. The van der Waals surface area contributed by atoms with Gasteiger partial charge in [0.25, 0.3) is 5.91 Å². The molecule has 1 aromatic rings. The minimum Gasteiger partial charge on any atom is -0.398 e. The molecule has 2 bridgehead atoms. The van der Waals surface area contributed by atoms with Crippen molar-refractivity contribution >= 4 is 27.5 Å². The van der Waals surface area contributed by atoms with Crippen LogP contribution < -0.4 is 5.73 Å². The zero-order chi connectivity index (χ0) is 14.3. The van der Waals surface area contributed by atoms with E-state index in [1.54, 1.807) is 6.07 Å². The molecule has 4 nitrogen and oxygen atoms in total. The molecule has 2 heterocycles. The van der Waals surface area contributed by atoms with Crippen LogP contribution in [0.25, 0.3) is 0 Å². The van der Waals surface area contributed by atoms with Crippen LogP contribution in [-0.2, 0) is 0 Å². The third-order valence-corrected chi connectivity index (χ3v) is 5.58. The molecule has 5 heteroatoms. The Kier molecular flexibility index (Phi) is 3.73. The van der Waals surface area contributed by atoms with Crippen molar-refractivity contribution in [2.45, 2.75) is 31.3 Å². The van der Waals surface area contributed by atoms with Crippen molar-refractivity contribution < 1.29 is 4.79 Å². The molecule has 0 spiro atoms. The molecule has 0 saturated carbocycles. The van der Waals surface area contributed by atoms with Gasteiger partial charge >= 0.3 is 0 Å². The number of hydrogen-bond donors (Lipinski definition) is 1. The van der Waals surface area contributed by atoms with Crippen molar-refractivity contribution in [1.82, 2.24) is 9.80 Å². The Morgan fingerprint density at radius 1 is 1.30 bits per heavy atom. The summed E-state index contributed by atoms with van der Waals surface area (Å²) in [4.78, 5) is 17.2. The first-order valence-electron chi connectivity index (χ1n) is 7.13. The fraction of sp³-hybridized carbons (Fsp3) is 0.533. The minimum atomic E-state index is 0.0881. The number of likely N-dealkylation sites (tertiary alicyclic amines) is 1. The number of rotatable bonds is 1. The molecule has 108 valence electrons. The lowest BCUT2D eigenvalue weighted by Crippen LogP contribution is -2.39. The van der Waals surface area contributed by atoms with Crippen LogP contribution in [0.4, 0.5) is 5.69 Å². The molecular formula is C15H20BrN3O. The Morgan fingerprint density at radius 3 is 2.85 bits per heavy atom. The van der Waals surface area contributed by atoms with Crippen LogP contribution >= 0.6 is 15.9 Å². The van der Waals surface area contributed by atoms with Gasteiger partial charge in [0.2, 0.25) is 0 Å². The predicted octanol–water partition coefficient (Wildman–Crippen LogP) is 2.34. The van der Waals surface area contributed by atoms with E-state index in [0.29, 0.717) is 27.8 Å². The van der Waals surface area contributed by atoms with Crippen LogP contribution in [0.5, 0.6) is 0 Å². The molecule has 2 atom stereocenters. The van der Waals surface area contributed by atoms with Gasteiger partial charge < -0.3 is 10.6 Å². The monoisotopic (exact) mass is 337 g/mol. The third kappa shape index (κ3) is 2.33. The zero-order valence-corrected chi connectivity index (χ0v) is 13.3. The highest BCUT2D eigenvalue weighted by Gasteiger charge is 2.36. The van der Waals surface area contributed by atoms with Gasteiger partial charge in [-0.1, -0.05) is 6.07 Å². The molecule has 20 heavy (non-hydrogen) atoms. The van der Waals surface area contributed by atoms with Crippen molar-refractivity contribution in [2.75, 3.05) is 25.9 Å². The van der Waals surface area contributed by atoms with Crippen LogP contribution in [0.2, 0.25) is 0 Å². The number of fused-ring (bicyclic) bond motifs is 2. The number of likely N-dealkylation sites (N-methyl/N-ethyl adjacent to an activating group) is 1. The smallest absolute Gasteiger partial charge is 0.255 e. The fourth-order valence-corrected chi connectivity index (χ4v) is 3.81. The molecule has 0 aromatic heterocycles. The number of benzene rings is 1. The first-order chi connectivity index (χ1) is 9.58. The Labute approximate surface area is 128 Å². The highest BCUT2D eigenvalue weighted by atomic mass is 79.9. The molecule has 2 saturated heterocycles. The van der Waals surface area contributed by atoms with E-state index in [2.05, 4.69) is 27.9 Å². The van der Waals surface area contributed by atoms with Gasteiger partial charge in [-0.3, -0.25) is 9.69 Å². The van der Waals surface area contributed by atoms with E-state index in [4.69, 9.17) is 5.73 Å². The summed E-state index contributed by atoms with van der Waals surface area (Å²) in [5.74, 6) is 0.0881. The highest BCUT2D eigenvalue weighted by Crippen LogP contribution is 2.30. The number of amides is 1. The molecule has 1 aromatic carbocycles. The third-order valence-electron chi connectivity index (χ3n) is 4.69. The average Bonchev–Trinajstić information content (AvgIpc) is 2.66. The number of hydrogen-bond acceptors (Lipinski definition) is 3. The maximum atomic E-state index is 12.7. The summed E-state index contributed by atoms with van der Waals surface area (Å²) < 4.78 is 0.716. The van der Waals surface area contributed by atoms with Gasteiger partial charge in [-0.05, 0) is 54.4 Å². The van der Waals surface area contributed by atoms with E-state index in [-0.39, 0.29) is 5.91 Å². The maximum absolute atomic E-state index is 12.7. The molecule has 3 rings (SSSR count). The molecule has 2 N–H and O–H groups in total. The van der Waals surface area contributed by atoms with Crippen LogP contribution in [0, 0.1) is 0 Å². The summed E-state index contributed by atoms with van der Waals surface area (Å²) in [6.07, 6.45) is 3.53. The number of nitrogens with zero attached hydrogens (tertiary/aromatic N) is 2. The first-order valence-corrected chi connectivity index (χ1v) is 7.92. The summed E-state index contributed by atoms with van der Waals surface area (Å²) in [6.45, 7) is 1.67.